The molecule has 20 heavy (non-hydrogen) atoms. The number of pyridine rings is 1. The summed E-state index contributed by atoms with van der Waals surface area (Å²) in [6.07, 6.45) is 6.72. The highest BCUT2D eigenvalue weighted by Crippen LogP contribution is 2.16. The highest BCUT2D eigenvalue weighted by molar-refractivity contribution is 7.15. The minimum Gasteiger partial charge on any atom is -0.300 e. The minimum absolute atomic E-state index is 0.150. The van der Waals surface area contributed by atoms with Crippen molar-refractivity contribution >= 4 is 22.4 Å². The average Bonchev–Trinajstić information content (AvgIpc) is 2.83. The summed E-state index contributed by atoms with van der Waals surface area (Å²) in [7, 11) is 0. The van der Waals surface area contributed by atoms with Crippen LogP contribution in [-0.4, -0.2) is 21.1 Å². The molecule has 0 atom stereocenters. The van der Waals surface area contributed by atoms with E-state index in [2.05, 4.69) is 26.4 Å². The highest BCUT2D eigenvalue weighted by Gasteiger charge is 2.09. The van der Waals surface area contributed by atoms with Crippen LogP contribution >= 0.6 is 11.3 Å². The van der Waals surface area contributed by atoms with Gasteiger partial charge in [0, 0.05) is 24.2 Å². The SMILES string of the molecule is C#CCCc1nnc(NC(=O)Cc2cccc(C)n2)s1. The first-order valence-electron chi connectivity index (χ1n) is 6.15. The van der Waals surface area contributed by atoms with Gasteiger partial charge in [0.05, 0.1) is 6.42 Å². The van der Waals surface area contributed by atoms with Crippen LogP contribution in [0.15, 0.2) is 18.2 Å². The Labute approximate surface area is 121 Å². The summed E-state index contributed by atoms with van der Waals surface area (Å²) in [6.45, 7) is 1.89. The van der Waals surface area contributed by atoms with Gasteiger partial charge in [-0.25, -0.2) is 0 Å². The zero-order valence-electron chi connectivity index (χ0n) is 11.1. The lowest BCUT2D eigenvalue weighted by Gasteiger charge is -2.01. The van der Waals surface area contributed by atoms with Crippen molar-refractivity contribution in [2.24, 2.45) is 0 Å². The lowest BCUT2D eigenvalue weighted by atomic mass is 10.2. The van der Waals surface area contributed by atoms with Crippen molar-refractivity contribution in [1.29, 1.82) is 0 Å². The van der Waals surface area contributed by atoms with Gasteiger partial charge in [0.15, 0.2) is 0 Å². The molecule has 6 heteroatoms. The maximum absolute atomic E-state index is 11.9. The number of aryl methyl sites for hydroxylation is 2. The van der Waals surface area contributed by atoms with Crippen LogP contribution in [-0.2, 0) is 17.6 Å². The number of nitrogens with zero attached hydrogens (tertiary/aromatic N) is 3. The Bertz CT molecular complexity index is 645. The van der Waals surface area contributed by atoms with Gasteiger partial charge in [0.2, 0.25) is 11.0 Å². The third kappa shape index (κ3) is 4.14. The summed E-state index contributed by atoms with van der Waals surface area (Å²) in [5.41, 5.74) is 1.63. The number of terminal acetylenes is 1. The molecule has 0 bridgehead atoms. The van der Waals surface area contributed by atoms with E-state index in [1.807, 2.05) is 25.1 Å². The third-order valence-electron chi connectivity index (χ3n) is 2.48. The standard InChI is InChI=1S/C14H14N4OS/c1-3-4-8-13-17-18-14(20-13)16-12(19)9-11-7-5-6-10(2)15-11/h1,5-7H,4,8-9H2,2H3,(H,16,18,19). The lowest BCUT2D eigenvalue weighted by molar-refractivity contribution is -0.115. The van der Waals surface area contributed by atoms with E-state index >= 15 is 0 Å². The number of anilines is 1. The molecule has 0 aliphatic heterocycles. The molecule has 1 amide bonds. The molecule has 0 unspecified atom stereocenters. The molecule has 2 heterocycles. The van der Waals surface area contributed by atoms with E-state index in [0.29, 0.717) is 18.0 Å². The number of hydrogen-bond acceptors (Lipinski definition) is 5. The molecule has 0 radical (unpaired) electrons. The van der Waals surface area contributed by atoms with Gasteiger partial charge < -0.3 is 5.32 Å². The molecule has 0 aromatic carbocycles. The molecule has 1 N–H and O–H groups in total. The molecule has 2 aromatic heterocycles. The summed E-state index contributed by atoms with van der Waals surface area (Å²) in [4.78, 5) is 16.2. The molecule has 0 saturated heterocycles. The fourth-order valence-electron chi connectivity index (χ4n) is 1.61. The van der Waals surface area contributed by atoms with Crippen molar-refractivity contribution in [3.8, 4) is 12.3 Å². The molecule has 102 valence electrons. The number of rotatable bonds is 5. The van der Waals surface area contributed by atoms with Gasteiger partial charge in [0.1, 0.15) is 5.01 Å². The Morgan fingerprint density at radius 3 is 3.05 bits per heavy atom. The average molecular weight is 286 g/mol. The molecule has 5 nitrogen and oxygen atoms in total. The molecule has 0 fully saturated rings. The van der Waals surface area contributed by atoms with Crippen molar-refractivity contribution in [2.75, 3.05) is 5.32 Å². The predicted molar refractivity (Wildman–Crippen MR) is 78.4 cm³/mol. The Balaban J connectivity index is 1.91. The predicted octanol–water partition coefficient (Wildman–Crippen LogP) is 1.99. The Hall–Kier alpha value is -2.26. The second-order valence-corrected chi connectivity index (χ2v) is 5.26. The van der Waals surface area contributed by atoms with Crippen LogP contribution in [0.25, 0.3) is 0 Å². The second kappa shape index (κ2) is 6.78. The van der Waals surface area contributed by atoms with E-state index in [-0.39, 0.29) is 12.3 Å². The third-order valence-corrected chi connectivity index (χ3v) is 3.38. The Kier molecular flexibility index (Phi) is 4.80. The van der Waals surface area contributed by atoms with Crippen molar-refractivity contribution in [3.63, 3.8) is 0 Å². The summed E-state index contributed by atoms with van der Waals surface area (Å²) < 4.78 is 0. The van der Waals surface area contributed by atoms with Crippen LogP contribution in [0, 0.1) is 19.3 Å². The Morgan fingerprint density at radius 2 is 2.30 bits per heavy atom. The van der Waals surface area contributed by atoms with Crippen LogP contribution < -0.4 is 5.32 Å². The van der Waals surface area contributed by atoms with E-state index in [1.54, 1.807) is 0 Å². The monoisotopic (exact) mass is 286 g/mol. The van der Waals surface area contributed by atoms with E-state index in [9.17, 15) is 4.79 Å². The van der Waals surface area contributed by atoms with Gasteiger partial charge >= 0.3 is 0 Å². The number of nitrogens with one attached hydrogen (secondary N) is 1. The first-order chi connectivity index (χ1) is 9.67. The summed E-state index contributed by atoms with van der Waals surface area (Å²) in [5, 5.41) is 11.9. The van der Waals surface area contributed by atoms with Crippen LogP contribution in [0.3, 0.4) is 0 Å². The molecule has 0 spiro atoms. The smallest absolute Gasteiger partial charge is 0.232 e. The largest absolute Gasteiger partial charge is 0.300 e. The highest BCUT2D eigenvalue weighted by atomic mass is 32.1. The fourth-order valence-corrected chi connectivity index (χ4v) is 2.37. The normalized spacial score (nSPS) is 10.0. The Morgan fingerprint density at radius 1 is 1.45 bits per heavy atom. The van der Waals surface area contributed by atoms with Crippen molar-refractivity contribution in [1.82, 2.24) is 15.2 Å². The quantitative estimate of drug-likeness (QED) is 0.854. The minimum atomic E-state index is -0.150. The van der Waals surface area contributed by atoms with E-state index < -0.39 is 0 Å². The number of aromatic nitrogens is 3. The number of amides is 1. The first-order valence-corrected chi connectivity index (χ1v) is 6.97. The zero-order valence-corrected chi connectivity index (χ0v) is 11.9. The molecule has 0 aliphatic rings. The van der Waals surface area contributed by atoms with Gasteiger partial charge in [-0.15, -0.1) is 22.5 Å². The molecule has 2 aromatic rings. The fraction of sp³-hybridized carbons (Fsp3) is 0.286. The zero-order chi connectivity index (χ0) is 14.4. The van der Waals surface area contributed by atoms with Crippen LogP contribution in [0.4, 0.5) is 5.13 Å². The summed E-state index contributed by atoms with van der Waals surface area (Å²) in [5.74, 6) is 2.40. The first kappa shape index (κ1) is 14.2. The van der Waals surface area contributed by atoms with Gasteiger partial charge in [-0.05, 0) is 19.1 Å². The van der Waals surface area contributed by atoms with E-state index in [0.717, 1.165) is 16.4 Å². The lowest BCUT2D eigenvalue weighted by Crippen LogP contribution is -2.15. The van der Waals surface area contributed by atoms with Crippen molar-refractivity contribution in [3.05, 3.63) is 34.6 Å². The molecule has 2 rings (SSSR count). The van der Waals surface area contributed by atoms with Crippen LogP contribution in [0.1, 0.15) is 22.8 Å². The summed E-state index contributed by atoms with van der Waals surface area (Å²) >= 11 is 1.34. The van der Waals surface area contributed by atoms with E-state index in [4.69, 9.17) is 6.42 Å². The van der Waals surface area contributed by atoms with Crippen LogP contribution in [0.5, 0.6) is 0 Å². The maximum Gasteiger partial charge on any atom is 0.232 e. The number of hydrogen-bond donors (Lipinski definition) is 1. The van der Waals surface area contributed by atoms with Crippen molar-refractivity contribution in [2.45, 2.75) is 26.2 Å². The maximum atomic E-state index is 11.9. The molecular formula is C14H14N4OS. The van der Waals surface area contributed by atoms with Gasteiger partial charge in [-0.3, -0.25) is 9.78 Å². The van der Waals surface area contributed by atoms with Gasteiger partial charge in [-0.1, -0.05) is 17.4 Å². The summed E-state index contributed by atoms with van der Waals surface area (Å²) in [6, 6.07) is 5.60. The molecular weight excluding hydrogens is 272 g/mol. The number of carbonyl (C=O) groups is 1. The second-order valence-electron chi connectivity index (χ2n) is 4.20. The van der Waals surface area contributed by atoms with Crippen molar-refractivity contribution < 1.29 is 4.79 Å². The van der Waals surface area contributed by atoms with Gasteiger partial charge in [0.25, 0.3) is 0 Å². The topological polar surface area (TPSA) is 67.8 Å². The number of carbonyl (C=O) groups excluding carboxylic acids is 1. The molecule has 0 saturated carbocycles. The van der Waals surface area contributed by atoms with Crippen LogP contribution in [0.2, 0.25) is 0 Å². The molecule has 0 aliphatic carbocycles. The van der Waals surface area contributed by atoms with Gasteiger partial charge in [-0.2, -0.15) is 0 Å². The van der Waals surface area contributed by atoms with E-state index in [1.165, 1.54) is 11.3 Å².